The van der Waals surface area contributed by atoms with Gasteiger partial charge in [-0.25, -0.2) is 0 Å². The van der Waals surface area contributed by atoms with Crippen molar-refractivity contribution < 1.29 is 10.2 Å². The van der Waals surface area contributed by atoms with Gasteiger partial charge in [0.1, 0.15) is 0 Å². The minimum atomic E-state index is -0.210. The molecule has 0 aliphatic heterocycles. The van der Waals surface area contributed by atoms with Crippen LogP contribution in [0.4, 0.5) is 0 Å². The van der Waals surface area contributed by atoms with Crippen molar-refractivity contribution in [3.63, 3.8) is 0 Å². The molecule has 10 heavy (non-hydrogen) atoms. The van der Waals surface area contributed by atoms with E-state index >= 15 is 0 Å². The molecular formula is C7H16O2S. The Hall–Kier alpha value is 0.270. The predicted molar refractivity (Wildman–Crippen MR) is 45.3 cm³/mol. The van der Waals surface area contributed by atoms with Crippen molar-refractivity contribution in [2.24, 2.45) is 0 Å². The Bertz CT molecular complexity index is 76.0. The maximum atomic E-state index is 8.86. The molecule has 0 aliphatic rings. The number of aliphatic hydroxyl groups is 2. The number of hydrogen-bond donors (Lipinski definition) is 2. The largest absolute Gasteiger partial charge is 0.395 e. The average molecular weight is 164 g/mol. The number of rotatable bonds is 5. The van der Waals surface area contributed by atoms with Crippen molar-refractivity contribution >= 4 is 11.8 Å². The third-order valence-electron chi connectivity index (χ3n) is 1.20. The second-order valence-electron chi connectivity index (χ2n) is 2.50. The van der Waals surface area contributed by atoms with Crippen molar-refractivity contribution in [1.82, 2.24) is 0 Å². The zero-order valence-corrected chi connectivity index (χ0v) is 7.40. The van der Waals surface area contributed by atoms with Gasteiger partial charge in [-0.15, -0.1) is 0 Å². The zero-order chi connectivity index (χ0) is 7.98. The Morgan fingerprint density at radius 3 is 2.40 bits per heavy atom. The molecule has 0 bridgehead atoms. The summed E-state index contributed by atoms with van der Waals surface area (Å²) in [6, 6.07) is 0. The quantitative estimate of drug-likeness (QED) is 0.633. The SMILES string of the molecule is CC(O)CCSC(C)CO. The van der Waals surface area contributed by atoms with E-state index in [1.54, 1.807) is 18.7 Å². The monoisotopic (exact) mass is 164 g/mol. The van der Waals surface area contributed by atoms with Crippen molar-refractivity contribution in [2.75, 3.05) is 12.4 Å². The van der Waals surface area contributed by atoms with Crippen LogP contribution >= 0.6 is 11.8 Å². The van der Waals surface area contributed by atoms with Crippen LogP contribution in [0.25, 0.3) is 0 Å². The predicted octanol–water partition coefficient (Wildman–Crippen LogP) is 0.871. The van der Waals surface area contributed by atoms with Gasteiger partial charge in [-0.1, -0.05) is 6.92 Å². The topological polar surface area (TPSA) is 40.5 Å². The molecule has 62 valence electrons. The molecular weight excluding hydrogens is 148 g/mol. The van der Waals surface area contributed by atoms with E-state index < -0.39 is 0 Å². The third-order valence-corrected chi connectivity index (χ3v) is 2.38. The van der Waals surface area contributed by atoms with Crippen molar-refractivity contribution in [3.8, 4) is 0 Å². The molecule has 0 saturated carbocycles. The molecule has 0 saturated heterocycles. The normalized spacial score (nSPS) is 16.8. The van der Waals surface area contributed by atoms with E-state index in [0.717, 1.165) is 12.2 Å². The van der Waals surface area contributed by atoms with Gasteiger partial charge in [0.15, 0.2) is 0 Å². The standard InChI is InChI=1S/C7H16O2S/c1-6(9)3-4-10-7(2)5-8/h6-9H,3-5H2,1-2H3. The Morgan fingerprint density at radius 2 is 2.00 bits per heavy atom. The summed E-state index contributed by atoms with van der Waals surface area (Å²) in [5, 5.41) is 17.8. The van der Waals surface area contributed by atoms with Crippen molar-refractivity contribution in [2.45, 2.75) is 31.6 Å². The molecule has 0 aromatic heterocycles. The summed E-state index contributed by atoms with van der Waals surface area (Å²) in [6.07, 6.45) is 0.605. The van der Waals surface area contributed by atoms with Crippen LogP contribution in [0.5, 0.6) is 0 Å². The van der Waals surface area contributed by atoms with Gasteiger partial charge in [0.25, 0.3) is 0 Å². The average Bonchev–Trinajstić information content (AvgIpc) is 1.87. The first-order valence-corrected chi connectivity index (χ1v) is 4.62. The summed E-state index contributed by atoms with van der Waals surface area (Å²) in [4.78, 5) is 0. The van der Waals surface area contributed by atoms with Gasteiger partial charge in [0.2, 0.25) is 0 Å². The molecule has 3 heteroatoms. The molecule has 0 spiro atoms. The maximum Gasteiger partial charge on any atom is 0.0547 e. The van der Waals surface area contributed by atoms with Crippen LogP contribution in [-0.2, 0) is 0 Å². The lowest BCUT2D eigenvalue weighted by atomic mass is 10.3. The van der Waals surface area contributed by atoms with Gasteiger partial charge >= 0.3 is 0 Å². The molecule has 2 unspecified atom stereocenters. The summed E-state index contributed by atoms with van der Waals surface area (Å²) < 4.78 is 0. The van der Waals surface area contributed by atoms with Gasteiger partial charge < -0.3 is 10.2 Å². The summed E-state index contributed by atoms with van der Waals surface area (Å²) in [7, 11) is 0. The fraction of sp³-hybridized carbons (Fsp3) is 1.00. The van der Waals surface area contributed by atoms with Gasteiger partial charge in [0.05, 0.1) is 12.7 Å². The van der Waals surface area contributed by atoms with Crippen LogP contribution in [0.3, 0.4) is 0 Å². The molecule has 0 rings (SSSR count). The Morgan fingerprint density at radius 1 is 1.40 bits per heavy atom. The van der Waals surface area contributed by atoms with Crippen molar-refractivity contribution in [3.05, 3.63) is 0 Å². The Balaban J connectivity index is 3.03. The second kappa shape index (κ2) is 6.01. The van der Waals surface area contributed by atoms with Gasteiger partial charge in [-0.3, -0.25) is 0 Å². The van der Waals surface area contributed by atoms with Crippen molar-refractivity contribution in [1.29, 1.82) is 0 Å². The molecule has 0 aliphatic carbocycles. The Labute approximate surface area is 66.6 Å². The van der Waals surface area contributed by atoms with Crippen LogP contribution in [0.15, 0.2) is 0 Å². The molecule has 0 aromatic carbocycles. The number of thioether (sulfide) groups is 1. The minimum Gasteiger partial charge on any atom is -0.395 e. The lowest BCUT2D eigenvalue weighted by Gasteiger charge is -2.07. The van der Waals surface area contributed by atoms with Gasteiger partial charge in [-0.2, -0.15) is 11.8 Å². The first-order valence-electron chi connectivity index (χ1n) is 3.57. The maximum absolute atomic E-state index is 8.86. The number of hydrogen-bond acceptors (Lipinski definition) is 3. The number of aliphatic hydroxyl groups excluding tert-OH is 2. The highest BCUT2D eigenvalue weighted by Crippen LogP contribution is 2.11. The molecule has 0 heterocycles. The molecule has 0 aromatic rings. The summed E-state index contributed by atoms with van der Waals surface area (Å²) in [5.74, 6) is 0.930. The van der Waals surface area contributed by atoms with Crippen LogP contribution in [0.2, 0.25) is 0 Å². The van der Waals surface area contributed by atoms with Crippen LogP contribution in [0, 0.1) is 0 Å². The smallest absolute Gasteiger partial charge is 0.0547 e. The third kappa shape index (κ3) is 6.39. The first-order chi connectivity index (χ1) is 4.66. The van der Waals surface area contributed by atoms with Crippen LogP contribution < -0.4 is 0 Å². The van der Waals surface area contributed by atoms with Gasteiger partial charge in [-0.05, 0) is 19.1 Å². The van der Waals surface area contributed by atoms with E-state index in [2.05, 4.69) is 0 Å². The zero-order valence-electron chi connectivity index (χ0n) is 6.58. The first kappa shape index (κ1) is 10.3. The van der Waals surface area contributed by atoms with E-state index in [4.69, 9.17) is 10.2 Å². The Kier molecular flexibility index (Phi) is 6.17. The van der Waals surface area contributed by atoms with E-state index in [1.807, 2.05) is 6.92 Å². The molecule has 0 fully saturated rings. The van der Waals surface area contributed by atoms with E-state index in [0.29, 0.717) is 5.25 Å². The molecule has 2 nitrogen and oxygen atoms in total. The van der Waals surface area contributed by atoms with E-state index in [9.17, 15) is 0 Å². The van der Waals surface area contributed by atoms with Crippen LogP contribution in [0.1, 0.15) is 20.3 Å². The summed E-state index contributed by atoms with van der Waals surface area (Å²) in [6.45, 7) is 3.99. The fourth-order valence-electron chi connectivity index (χ4n) is 0.492. The molecule has 2 atom stereocenters. The second-order valence-corrected chi connectivity index (χ2v) is 4.05. The highest BCUT2D eigenvalue weighted by atomic mass is 32.2. The van der Waals surface area contributed by atoms with Crippen LogP contribution in [-0.4, -0.2) is 33.9 Å². The molecule has 0 radical (unpaired) electrons. The highest BCUT2D eigenvalue weighted by Gasteiger charge is 2.00. The van der Waals surface area contributed by atoms with Gasteiger partial charge in [0, 0.05) is 5.25 Å². The summed E-state index contributed by atoms with van der Waals surface area (Å²) >= 11 is 1.69. The minimum absolute atomic E-state index is 0.210. The lowest BCUT2D eigenvalue weighted by Crippen LogP contribution is -2.06. The summed E-state index contributed by atoms with van der Waals surface area (Å²) in [5.41, 5.74) is 0. The van der Waals surface area contributed by atoms with E-state index in [1.165, 1.54) is 0 Å². The fourth-order valence-corrected chi connectivity index (χ4v) is 1.48. The molecule has 0 amide bonds. The van der Waals surface area contributed by atoms with E-state index in [-0.39, 0.29) is 12.7 Å². The highest BCUT2D eigenvalue weighted by molar-refractivity contribution is 7.99. The molecule has 2 N–H and O–H groups in total. The lowest BCUT2D eigenvalue weighted by molar-refractivity contribution is 0.192.